The van der Waals surface area contributed by atoms with Crippen LogP contribution in [0.5, 0.6) is 0 Å². The highest BCUT2D eigenvalue weighted by atomic mass is 16.2. The molecule has 0 N–H and O–H groups in total. The fourth-order valence-corrected chi connectivity index (χ4v) is 4.07. The van der Waals surface area contributed by atoms with Gasteiger partial charge in [-0.25, -0.2) is 9.67 Å². The third kappa shape index (κ3) is 2.32. The van der Waals surface area contributed by atoms with Gasteiger partial charge in [-0.3, -0.25) is 4.79 Å². The molecule has 1 aliphatic heterocycles. The molecule has 1 aromatic carbocycles. The summed E-state index contributed by atoms with van der Waals surface area (Å²) in [4.78, 5) is 20.2. The van der Waals surface area contributed by atoms with Gasteiger partial charge in [0.05, 0.1) is 18.0 Å². The second kappa shape index (κ2) is 5.16. The Labute approximate surface area is 148 Å². The van der Waals surface area contributed by atoms with Crippen molar-refractivity contribution in [1.82, 2.24) is 19.7 Å². The van der Waals surface area contributed by atoms with Gasteiger partial charge < -0.3 is 4.90 Å². The van der Waals surface area contributed by atoms with Crippen molar-refractivity contribution in [2.24, 2.45) is 0 Å². The number of carbonyl (C=O) groups excluding carboxylic acids is 1. The zero-order valence-corrected chi connectivity index (χ0v) is 14.9. The van der Waals surface area contributed by atoms with Gasteiger partial charge in [0.1, 0.15) is 5.82 Å². The van der Waals surface area contributed by atoms with Crippen LogP contribution < -0.4 is 0 Å². The third-order valence-electron chi connectivity index (χ3n) is 6.08. The molecule has 5 heteroatoms. The summed E-state index contributed by atoms with van der Waals surface area (Å²) in [6, 6.07) is 8.48. The van der Waals surface area contributed by atoms with Crippen molar-refractivity contribution in [3.63, 3.8) is 0 Å². The van der Waals surface area contributed by atoms with E-state index in [1.807, 2.05) is 9.58 Å². The third-order valence-corrected chi connectivity index (χ3v) is 6.08. The predicted octanol–water partition coefficient (Wildman–Crippen LogP) is 3.10. The molecule has 2 heterocycles. The maximum absolute atomic E-state index is 13.4. The average molecular weight is 336 g/mol. The minimum absolute atomic E-state index is 0.00386. The summed E-state index contributed by atoms with van der Waals surface area (Å²) in [5.41, 5.74) is 2.10. The molecule has 0 unspecified atom stereocenters. The van der Waals surface area contributed by atoms with Gasteiger partial charge in [0.25, 0.3) is 0 Å². The highest BCUT2D eigenvalue weighted by molar-refractivity contribution is 5.91. The lowest BCUT2D eigenvalue weighted by molar-refractivity contribution is -0.137. The Bertz CT molecular complexity index is 830. The quantitative estimate of drug-likeness (QED) is 0.865. The van der Waals surface area contributed by atoms with Crippen LogP contribution in [-0.2, 0) is 16.8 Å². The monoisotopic (exact) mass is 336 g/mol. The SMILES string of the molecule is Cc1ccc(C2(C(=O)N3CCn4nc(C5CC5)nc4[C@H]3C)CC2)cc1. The lowest BCUT2D eigenvalue weighted by atomic mass is 9.92. The highest BCUT2D eigenvalue weighted by Crippen LogP contribution is 2.51. The summed E-state index contributed by atoms with van der Waals surface area (Å²) in [5, 5.41) is 4.67. The van der Waals surface area contributed by atoms with Gasteiger partial charge in [-0.15, -0.1) is 0 Å². The normalized spacial score (nSPS) is 24.1. The maximum atomic E-state index is 13.4. The van der Waals surface area contributed by atoms with Crippen LogP contribution in [0, 0.1) is 6.92 Å². The zero-order valence-electron chi connectivity index (χ0n) is 14.9. The van der Waals surface area contributed by atoms with Crippen LogP contribution in [0.25, 0.3) is 0 Å². The van der Waals surface area contributed by atoms with Crippen molar-refractivity contribution in [1.29, 1.82) is 0 Å². The topological polar surface area (TPSA) is 51.0 Å². The molecule has 2 aliphatic carbocycles. The molecule has 0 bridgehead atoms. The fraction of sp³-hybridized carbons (Fsp3) is 0.550. The molecule has 2 fully saturated rings. The molecular formula is C20H24N4O. The van der Waals surface area contributed by atoms with Gasteiger partial charge in [-0.05, 0) is 45.1 Å². The standard InChI is InChI=1S/C20H24N4O/c1-13-3-7-16(8-4-13)20(9-10-20)19(25)23-11-12-24-18(14(23)2)21-17(22-24)15-5-6-15/h3-4,7-8,14-15H,5-6,9-12H2,1-2H3/t14-/m1/s1. The molecule has 0 radical (unpaired) electrons. The summed E-state index contributed by atoms with van der Waals surface area (Å²) in [5.74, 6) is 2.76. The first-order valence-electron chi connectivity index (χ1n) is 9.41. The van der Waals surface area contributed by atoms with Crippen LogP contribution in [0.3, 0.4) is 0 Å². The lowest BCUT2D eigenvalue weighted by Gasteiger charge is -2.35. The van der Waals surface area contributed by atoms with Crippen LogP contribution in [0.2, 0.25) is 0 Å². The average Bonchev–Trinajstić information content (AvgIpc) is 3.53. The summed E-state index contributed by atoms with van der Waals surface area (Å²) in [6.07, 6.45) is 4.32. The molecule has 5 rings (SSSR count). The Hall–Kier alpha value is -2.17. The highest BCUT2D eigenvalue weighted by Gasteiger charge is 2.54. The van der Waals surface area contributed by atoms with E-state index in [1.54, 1.807) is 0 Å². The van der Waals surface area contributed by atoms with Crippen molar-refractivity contribution < 1.29 is 4.79 Å². The number of aryl methyl sites for hydroxylation is 1. The van der Waals surface area contributed by atoms with Gasteiger partial charge in [-0.1, -0.05) is 29.8 Å². The number of carbonyl (C=O) groups is 1. The van der Waals surface area contributed by atoms with Crippen molar-refractivity contribution >= 4 is 5.91 Å². The molecule has 0 spiro atoms. The van der Waals surface area contributed by atoms with Gasteiger partial charge in [-0.2, -0.15) is 5.10 Å². The molecular weight excluding hydrogens is 312 g/mol. The minimum atomic E-state index is -0.302. The number of hydrogen-bond donors (Lipinski definition) is 0. The summed E-state index contributed by atoms with van der Waals surface area (Å²) >= 11 is 0. The molecule has 1 amide bonds. The van der Waals surface area contributed by atoms with E-state index in [0.29, 0.717) is 5.92 Å². The van der Waals surface area contributed by atoms with E-state index >= 15 is 0 Å². The van der Waals surface area contributed by atoms with E-state index < -0.39 is 0 Å². The predicted molar refractivity (Wildman–Crippen MR) is 94.2 cm³/mol. The van der Waals surface area contributed by atoms with Crippen LogP contribution in [0.15, 0.2) is 24.3 Å². The number of benzene rings is 1. The van der Waals surface area contributed by atoms with E-state index in [4.69, 9.17) is 4.98 Å². The fourth-order valence-electron chi connectivity index (χ4n) is 4.07. The van der Waals surface area contributed by atoms with Gasteiger partial charge in [0.15, 0.2) is 5.82 Å². The number of nitrogens with zero attached hydrogens (tertiary/aromatic N) is 4. The Morgan fingerprint density at radius 2 is 1.88 bits per heavy atom. The van der Waals surface area contributed by atoms with Crippen molar-refractivity contribution in [2.45, 2.75) is 63.5 Å². The first kappa shape index (κ1) is 15.1. The molecule has 130 valence electrons. The number of amides is 1. The summed E-state index contributed by atoms with van der Waals surface area (Å²) < 4.78 is 2.02. The lowest BCUT2D eigenvalue weighted by Crippen LogP contribution is -2.46. The van der Waals surface area contributed by atoms with E-state index in [9.17, 15) is 4.79 Å². The maximum Gasteiger partial charge on any atom is 0.233 e. The van der Waals surface area contributed by atoms with E-state index in [2.05, 4.69) is 43.2 Å². The Morgan fingerprint density at radius 1 is 1.16 bits per heavy atom. The molecule has 2 saturated carbocycles. The minimum Gasteiger partial charge on any atom is -0.330 e. The van der Waals surface area contributed by atoms with Crippen LogP contribution in [-0.4, -0.2) is 32.1 Å². The zero-order chi connectivity index (χ0) is 17.2. The van der Waals surface area contributed by atoms with Gasteiger partial charge in [0.2, 0.25) is 5.91 Å². The second-order valence-corrected chi connectivity index (χ2v) is 7.95. The van der Waals surface area contributed by atoms with E-state index in [1.165, 1.54) is 24.0 Å². The van der Waals surface area contributed by atoms with Crippen molar-refractivity contribution in [3.8, 4) is 0 Å². The van der Waals surface area contributed by atoms with Gasteiger partial charge >= 0.3 is 0 Å². The van der Waals surface area contributed by atoms with E-state index in [-0.39, 0.29) is 17.4 Å². The molecule has 2 aromatic rings. The van der Waals surface area contributed by atoms with E-state index in [0.717, 1.165) is 37.6 Å². The molecule has 3 aliphatic rings. The van der Waals surface area contributed by atoms with Crippen molar-refractivity contribution in [3.05, 3.63) is 47.0 Å². The first-order chi connectivity index (χ1) is 12.1. The molecule has 5 nitrogen and oxygen atoms in total. The number of fused-ring (bicyclic) bond motifs is 1. The van der Waals surface area contributed by atoms with Crippen LogP contribution in [0.4, 0.5) is 0 Å². The molecule has 0 saturated heterocycles. The molecule has 1 aromatic heterocycles. The van der Waals surface area contributed by atoms with Crippen LogP contribution >= 0.6 is 0 Å². The number of rotatable bonds is 3. The summed E-state index contributed by atoms with van der Waals surface area (Å²) in [6.45, 7) is 5.67. The van der Waals surface area contributed by atoms with Gasteiger partial charge in [0, 0.05) is 12.5 Å². The molecule has 1 atom stereocenters. The first-order valence-corrected chi connectivity index (χ1v) is 9.41. The second-order valence-electron chi connectivity index (χ2n) is 7.95. The van der Waals surface area contributed by atoms with Crippen molar-refractivity contribution in [2.75, 3.05) is 6.54 Å². The van der Waals surface area contributed by atoms with Crippen LogP contribution in [0.1, 0.15) is 67.3 Å². The summed E-state index contributed by atoms with van der Waals surface area (Å²) in [7, 11) is 0. The largest absolute Gasteiger partial charge is 0.330 e. The Kier molecular flexibility index (Phi) is 3.12. The smallest absolute Gasteiger partial charge is 0.233 e. The number of aromatic nitrogens is 3. The number of hydrogen-bond acceptors (Lipinski definition) is 3. The Morgan fingerprint density at radius 3 is 2.52 bits per heavy atom. The molecule has 25 heavy (non-hydrogen) atoms. The Balaban J connectivity index is 1.43.